The van der Waals surface area contributed by atoms with Crippen molar-refractivity contribution in [1.29, 1.82) is 0 Å². The van der Waals surface area contributed by atoms with E-state index in [0.717, 1.165) is 12.1 Å². The molecule has 1 unspecified atom stereocenters. The van der Waals surface area contributed by atoms with Gasteiger partial charge >= 0.3 is 0 Å². The monoisotopic (exact) mass is 312 g/mol. The van der Waals surface area contributed by atoms with Crippen molar-refractivity contribution in [3.05, 3.63) is 29.8 Å². The van der Waals surface area contributed by atoms with E-state index in [4.69, 9.17) is 5.14 Å². The molecule has 0 aromatic heterocycles. The quantitative estimate of drug-likeness (QED) is 0.813. The van der Waals surface area contributed by atoms with Gasteiger partial charge in [-0.2, -0.15) is 0 Å². The van der Waals surface area contributed by atoms with Gasteiger partial charge < -0.3 is 5.32 Å². The number of hydrogen-bond acceptors (Lipinski definition) is 3. The lowest BCUT2D eigenvalue weighted by Crippen LogP contribution is -2.31. The summed E-state index contributed by atoms with van der Waals surface area (Å²) in [6.45, 7) is 12.0. The molecule has 0 amide bonds. The van der Waals surface area contributed by atoms with Gasteiger partial charge in [0.1, 0.15) is 0 Å². The van der Waals surface area contributed by atoms with Gasteiger partial charge in [-0.05, 0) is 48.9 Å². The van der Waals surface area contributed by atoms with Crippen LogP contribution < -0.4 is 10.5 Å². The van der Waals surface area contributed by atoms with E-state index in [1.807, 2.05) is 12.1 Å². The molecule has 0 spiro atoms. The van der Waals surface area contributed by atoms with Gasteiger partial charge in [0.05, 0.1) is 4.90 Å². The number of hydrogen-bond donors (Lipinski definition) is 2. The smallest absolute Gasteiger partial charge is 0.238 e. The van der Waals surface area contributed by atoms with Crippen LogP contribution in [0.2, 0.25) is 0 Å². The molecule has 0 aliphatic heterocycles. The highest BCUT2D eigenvalue weighted by Gasteiger charge is 2.18. The van der Waals surface area contributed by atoms with E-state index >= 15 is 0 Å². The lowest BCUT2D eigenvalue weighted by Gasteiger charge is -2.27. The predicted molar refractivity (Wildman–Crippen MR) is 87.4 cm³/mol. The highest BCUT2D eigenvalue weighted by molar-refractivity contribution is 7.89. The van der Waals surface area contributed by atoms with E-state index in [1.165, 1.54) is 0 Å². The highest BCUT2D eigenvalue weighted by Crippen LogP contribution is 2.21. The fourth-order valence-electron chi connectivity index (χ4n) is 2.62. The predicted octanol–water partition coefficient (Wildman–Crippen LogP) is 2.91. The first kappa shape index (κ1) is 18.1. The fourth-order valence-corrected chi connectivity index (χ4v) is 3.13. The van der Waals surface area contributed by atoms with E-state index in [9.17, 15) is 8.42 Å². The van der Waals surface area contributed by atoms with Gasteiger partial charge in [0, 0.05) is 6.04 Å². The van der Waals surface area contributed by atoms with Gasteiger partial charge in [0.2, 0.25) is 10.0 Å². The van der Waals surface area contributed by atoms with Crippen LogP contribution in [0.4, 0.5) is 0 Å². The van der Waals surface area contributed by atoms with Crippen molar-refractivity contribution in [2.75, 3.05) is 6.54 Å². The Labute approximate surface area is 129 Å². The van der Waals surface area contributed by atoms with Crippen molar-refractivity contribution in [1.82, 2.24) is 5.32 Å². The number of benzene rings is 1. The minimum Gasteiger partial charge on any atom is -0.310 e. The molecule has 0 saturated carbocycles. The van der Waals surface area contributed by atoms with Crippen LogP contribution in [0.3, 0.4) is 0 Å². The van der Waals surface area contributed by atoms with Gasteiger partial charge in [0.25, 0.3) is 0 Å². The highest BCUT2D eigenvalue weighted by atomic mass is 32.2. The summed E-state index contributed by atoms with van der Waals surface area (Å²) in [6.07, 6.45) is 0. The molecule has 120 valence electrons. The summed E-state index contributed by atoms with van der Waals surface area (Å²) in [6, 6.07) is 6.93. The van der Waals surface area contributed by atoms with Crippen molar-refractivity contribution in [3.63, 3.8) is 0 Å². The largest absolute Gasteiger partial charge is 0.310 e. The first-order chi connectivity index (χ1) is 9.62. The molecule has 1 aromatic rings. The lowest BCUT2D eigenvalue weighted by molar-refractivity contribution is 0.268. The third-order valence-corrected chi connectivity index (χ3v) is 5.01. The molecule has 3 N–H and O–H groups in total. The first-order valence-electron chi connectivity index (χ1n) is 7.49. The fraction of sp³-hybridized carbons (Fsp3) is 0.625. The van der Waals surface area contributed by atoms with Gasteiger partial charge in [-0.25, -0.2) is 13.6 Å². The van der Waals surface area contributed by atoms with E-state index in [1.54, 1.807) is 12.1 Å². The van der Waals surface area contributed by atoms with Gasteiger partial charge in [-0.15, -0.1) is 0 Å². The molecular formula is C16H28N2O2S. The summed E-state index contributed by atoms with van der Waals surface area (Å²) in [5.74, 6) is 1.89. The zero-order valence-corrected chi connectivity index (χ0v) is 14.4. The summed E-state index contributed by atoms with van der Waals surface area (Å²) in [4.78, 5) is 0.153. The molecule has 4 nitrogen and oxygen atoms in total. The molecule has 1 rings (SSSR count). The Morgan fingerprint density at radius 2 is 1.48 bits per heavy atom. The Balaban J connectivity index is 2.70. The van der Waals surface area contributed by atoms with Gasteiger partial charge in [-0.1, -0.05) is 39.8 Å². The maximum atomic E-state index is 11.2. The zero-order chi connectivity index (χ0) is 16.2. The number of nitrogens with two attached hydrogens (primary N) is 1. The van der Waals surface area contributed by atoms with E-state index in [2.05, 4.69) is 39.9 Å². The van der Waals surface area contributed by atoms with E-state index in [0.29, 0.717) is 17.8 Å². The SMILES string of the molecule is CC(NCC(C(C)C)C(C)C)c1ccc(S(N)(=O)=O)cc1. The van der Waals surface area contributed by atoms with Crippen LogP contribution in [-0.2, 0) is 10.0 Å². The van der Waals surface area contributed by atoms with Crippen LogP contribution in [0.25, 0.3) is 0 Å². The second-order valence-corrected chi connectivity index (χ2v) is 7.96. The van der Waals surface area contributed by atoms with Crippen molar-refractivity contribution in [2.24, 2.45) is 22.9 Å². The molecule has 5 heteroatoms. The average molecular weight is 312 g/mol. The Hall–Kier alpha value is -0.910. The third kappa shape index (κ3) is 5.41. The zero-order valence-electron chi connectivity index (χ0n) is 13.6. The number of sulfonamides is 1. The minimum atomic E-state index is -3.61. The lowest BCUT2D eigenvalue weighted by atomic mass is 9.85. The summed E-state index contributed by atoms with van der Waals surface area (Å²) in [7, 11) is -3.61. The van der Waals surface area contributed by atoms with Crippen molar-refractivity contribution < 1.29 is 8.42 Å². The molecule has 0 saturated heterocycles. The molecule has 0 fully saturated rings. The van der Waals surface area contributed by atoms with Gasteiger partial charge in [0.15, 0.2) is 0 Å². The van der Waals surface area contributed by atoms with Crippen LogP contribution >= 0.6 is 0 Å². The van der Waals surface area contributed by atoms with Crippen molar-refractivity contribution in [2.45, 2.75) is 45.6 Å². The molecular weight excluding hydrogens is 284 g/mol. The number of primary sulfonamides is 1. The Bertz CT molecular complexity index is 528. The minimum absolute atomic E-state index is 0.153. The Morgan fingerprint density at radius 1 is 1.00 bits per heavy atom. The molecule has 0 aliphatic rings. The second kappa shape index (κ2) is 7.38. The van der Waals surface area contributed by atoms with Crippen LogP contribution in [-0.4, -0.2) is 15.0 Å². The van der Waals surface area contributed by atoms with Crippen LogP contribution in [0.5, 0.6) is 0 Å². The molecule has 1 aromatic carbocycles. The van der Waals surface area contributed by atoms with E-state index in [-0.39, 0.29) is 10.9 Å². The van der Waals surface area contributed by atoms with Crippen molar-refractivity contribution >= 4 is 10.0 Å². The van der Waals surface area contributed by atoms with Crippen LogP contribution in [0, 0.1) is 17.8 Å². The van der Waals surface area contributed by atoms with Crippen molar-refractivity contribution in [3.8, 4) is 0 Å². The van der Waals surface area contributed by atoms with Crippen LogP contribution in [0.1, 0.15) is 46.2 Å². The van der Waals surface area contributed by atoms with Crippen LogP contribution in [0.15, 0.2) is 29.2 Å². The Morgan fingerprint density at radius 3 is 1.86 bits per heavy atom. The Kier molecular flexibility index (Phi) is 6.38. The number of nitrogens with one attached hydrogen (secondary N) is 1. The first-order valence-corrected chi connectivity index (χ1v) is 9.03. The normalized spacial score (nSPS) is 14.1. The molecule has 1 atom stereocenters. The average Bonchev–Trinajstić information content (AvgIpc) is 2.37. The summed E-state index contributed by atoms with van der Waals surface area (Å²) in [5.41, 5.74) is 1.06. The molecule has 0 radical (unpaired) electrons. The topological polar surface area (TPSA) is 72.2 Å². The molecule has 21 heavy (non-hydrogen) atoms. The molecule has 0 aliphatic carbocycles. The molecule has 0 bridgehead atoms. The summed E-state index contributed by atoms with van der Waals surface area (Å²) < 4.78 is 22.5. The summed E-state index contributed by atoms with van der Waals surface area (Å²) >= 11 is 0. The second-order valence-electron chi connectivity index (χ2n) is 6.40. The summed E-state index contributed by atoms with van der Waals surface area (Å²) in [5, 5.41) is 8.64. The van der Waals surface area contributed by atoms with Gasteiger partial charge in [-0.3, -0.25) is 0 Å². The third-order valence-electron chi connectivity index (χ3n) is 4.08. The maximum absolute atomic E-state index is 11.2. The standard InChI is InChI=1S/C16H28N2O2S/c1-11(2)16(12(3)4)10-18-13(5)14-6-8-15(9-7-14)21(17,19)20/h6-9,11-13,16,18H,10H2,1-5H3,(H2,17,19,20). The molecule has 0 heterocycles. The maximum Gasteiger partial charge on any atom is 0.238 e. The van der Waals surface area contributed by atoms with E-state index < -0.39 is 10.0 Å². The number of rotatable bonds is 7.